The Bertz CT molecular complexity index is 1020. The maximum absolute atomic E-state index is 12.7. The molecule has 0 bridgehead atoms. The molecular formula is C51H88O5. The summed E-state index contributed by atoms with van der Waals surface area (Å²) in [6.07, 6.45) is 59.0. The average molecular weight is 781 g/mol. The lowest BCUT2D eigenvalue weighted by atomic mass is 10.1. The Morgan fingerprint density at radius 2 is 0.804 bits per heavy atom. The van der Waals surface area contributed by atoms with Crippen molar-refractivity contribution < 1.29 is 23.8 Å². The van der Waals surface area contributed by atoms with E-state index in [0.717, 1.165) is 96.3 Å². The first kappa shape index (κ1) is 53.3. The molecule has 0 aliphatic rings. The van der Waals surface area contributed by atoms with Crippen molar-refractivity contribution >= 4 is 11.9 Å². The first-order chi connectivity index (χ1) is 27.6. The largest absolute Gasteiger partial charge is 0.462 e. The minimum Gasteiger partial charge on any atom is -0.462 e. The zero-order valence-electron chi connectivity index (χ0n) is 36.9. The van der Waals surface area contributed by atoms with Crippen molar-refractivity contribution in [1.82, 2.24) is 0 Å². The summed E-state index contributed by atoms with van der Waals surface area (Å²) < 4.78 is 17.3. The Morgan fingerprint density at radius 3 is 1.29 bits per heavy atom. The van der Waals surface area contributed by atoms with E-state index in [1.165, 1.54) is 83.5 Å². The molecule has 5 heteroatoms. The van der Waals surface area contributed by atoms with Gasteiger partial charge in [0.2, 0.25) is 0 Å². The third-order valence-electron chi connectivity index (χ3n) is 9.74. The quantitative estimate of drug-likeness (QED) is 0.0351. The van der Waals surface area contributed by atoms with Crippen LogP contribution < -0.4 is 0 Å². The van der Waals surface area contributed by atoms with Crippen molar-refractivity contribution in [2.45, 2.75) is 219 Å². The van der Waals surface area contributed by atoms with Gasteiger partial charge in [0.15, 0.2) is 6.10 Å². The van der Waals surface area contributed by atoms with E-state index in [9.17, 15) is 9.59 Å². The van der Waals surface area contributed by atoms with E-state index < -0.39 is 6.10 Å². The molecule has 0 saturated carbocycles. The lowest BCUT2D eigenvalue weighted by Gasteiger charge is -2.18. The topological polar surface area (TPSA) is 61.8 Å². The molecule has 0 aromatic heterocycles. The zero-order chi connectivity index (χ0) is 40.7. The number of ether oxygens (including phenoxy) is 3. The van der Waals surface area contributed by atoms with Gasteiger partial charge in [0.25, 0.3) is 0 Å². The van der Waals surface area contributed by atoms with Gasteiger partial charge in [-0.3, -0.25) is 9.59 Å². The van der Waals surface area contributed by atoms with Gasteiger partial charge in [0.05, 0.1) is 6.61 Å². The fourth-order valence-corrected chi connectivity index (χ4v) is 6.30. The third-order valence-corrected chi connectivity index (χ3v) is 9.74. The smallest absolute Gasteiger partial charge is 0.306 e. The molecule has 0 N–H and O–H groups in total. The number of hydrogen-bond donors (Lipinski definition) is 0. The van der Waals surface area contributed by atoms with Gasteiger partial charge in [0.1, 0.15) is 6.61 Å². The second-order valence-corrected chi connectivity index (χ2v) is 15.3. The molecule has 0 aliphatic carbocycles. The van der Waals surface area contributed by atoms with E-state index in [1.807, 2.05) is 0 Å². The molecule has 0 aliphatic heterocycles. The fourth-order valence-electron chi connectivity index (χ4n) is 6.30. The van der Waals surface area contributed by atoms with Crippen molar-refractivity contribution in [2.24, 2.45) is 0 Å². The predicted molar refractivity (Wildman–Crippen MR) is 242 cm³/mol. The minimum atomic E-state index is -0.548. The second-order valence-electron chi connectivity index (χ2n) is 15.3. The number of unbranched alkanes of at least 4 members (excludes halogenated alkanes) is 19. The van der Waals surface area contributed by atoms with Crippen LogP contribution in [0.4, 0.5) is 0 Å². The molecule has 5 nitrogen and oxygen atoms in total. The number of carbonyl (C=O) groups is 2. The molecule has 0 aromatic rings. The van der Waals surface area contributed by atoms with E-state index in [1.54, 1.807) is 0 Å². The minimum absolute atomic E-state index is 0.0698. The average Bonchev–Trinajstić information content (AvgIpc) is 3.20. The monoisotopic (exact) mass is 781 g/mol. The summed E-state index contributed by atoms with van der Waals surface area (Å²) in [5, 5.41) is 0. The first-order valence-electron chi connectivity index (χ1n) is 23.5. The third kappa shape index (κ3) is 44.1. The Morgan fingerprint density at radius 1 is 0.411 bits per heavy atom. The molecule has 56 heavy (non-hydrogen) atoms. The number of hydrogen-bond acceptors (Lipinski definition) is 5. The molecule has 0 fully saturated rings. The van der Waals surface area contributed by atoms with Crippen LogP contribution in [0.2, 0.25) is 0 Å². The summed E-state index contributed by atoms with van der Waals surface area (Å²) in [4.78, 5) is 25.2. The van der Waals surface area contributed by atoms with Gasteiger partial charge in [-0.25, -0.2) is 0 Å². The van der Waals surface area contributed by atoms with Crippen LogP contribution in [0.3, 0.4) is 0 Å². The Labute approximate surface area is 347 Å². The Kier molecular flexibility index (Phi) is 44.5. The lowest BCUT2D eigenvalue weighted by molar-refractivity contribution is -0.163. The zero-order valence-corrected chi connectivity index (χ0v) is 36.9. The van der Waals surface area contributed by atoms with Crippen molar-refractivity contribution in [3.8, 4) is 0 Å². The number of rotatable bonds is 42. The van der Waals surface area contributed by atoms with E-state index in [-0.39, 0.29) is 25.2 Å². The summed E-state index contributed by atoms with van der Waals surface area (Å²) in [6.45, 7) is 7.54. The Hall–Kier alpha value is -2.66. The predicted octanol–water partition coefficient (Wildman–Crippen LogP) is 15.6. The molecule has 0 rings (SSSR count). The van der Waals surface area contributed by atoms with Crippen LogP contribution in [0.25, 0.3) is 0 Å². The summed E-state index contributed by atoms with van der Waals surface area (Å²) >= 11 is 0. The van der Waals surface area contributed by atoms with Crippen LogP contribution in [0.1, 0.15) is 213 Å². The molecule has 1 unspecified atom stereocenters. The van der Waals surface area contributed by atoms with Crippen molar-refractivity contribution in [2.75, 3.05) is 19.8 Å². The van der Waals surface area contributed by atoms with E-state index in [0.29, 0.717) is 19.4 Å². The highest BCUT2D eigenvalue weighted by atomic mass is 16.6. The summed E-state index contributed by atoms with van der Waals surface area (Å²) in [7, 11) is 0. The summed E-state index contributed by atoms with van der Waals surface area (Å²) in [6, 6.07) is 0. The highest BCUT2D eigenvalue weighted by Gasteiger charge is 2.17. The number of allylic oxidation sites excluding steroid dienone is 12. The summed E-state index contributed by atoms with van der Waals surface area (Å²) in [5.41, 5.74) is 0. The van der Waals surface area contributed by atoms with Crippen LogP contribution in [0.15, 0.2) is 72.9 Å². The molecular weight excluding hydrogens is 693 g/mol. The second kappa shape index (κ2) is 46.7. The molecule has 0 spiro atoms. The van der Waals surface area contributed by atoms with Gasteiger partial charge >= 0.3 is 11.9 Å². The van der Waals surface area contributed by atoms with Crippen LogP contribution in [0.5, 0.6) is 0 Å². The van der Waals surface area contributed by atoms with Gasteiger partial charge in [-0.15, -0.1) is 0 Å². The van der Waals surface area contributed by atoms with Gasteiger partial charge in [-0.1, -0.05) is 190 Å². The van der Waals surface area contributed by atoms with E-state index in [2.05, 4.69) is 93.7 Å². The normalized spacial score (nSPS) is 12.8. The van der Waals surface area contributed by atoms with Crippen molar-refractivity contribution in [3.63, 3.8) is 0 Å². The highest BCUT2D eigenvalue weighted by molar-refractivity contribution is 5.70. The van der Waals surface area contributed by atoms with Gasteiger partial charge in [-0.2, -0.15) is 0 Å². The van der Waals surface area contributed by atoms with Crippen LogP contribution in [-0.2, 0) is 23.8 Å². The molecule has 322 valence electrons. The molecule has 0 aromatic carbocycles. The van der Waals surface area contributed by atoms with Crippen LogP contribution >= 0.6 is 0 Å². The lowest BCUT2D eigenvalue weighted by Crippen LogP contribution is -2.30. The molecule has 0 saturated heterocycles. The van der Waals surface area contributed by atoms with E-state index >= 15 is 0 Å². The van der Waals surface area contributed by atoms with Gasteiger partial charge in [-0.05, 0) is 83.5 Å². The van der Waals surface area contributed by atoms with Gasteiger partial charge < -0.3 is 14.2 Å². The van der Waals surface area contributed by atoms with Crippen LogP contribution in [-0.4, -0.2) is 37.9 Å². The summed E-state index contributed by atoms with van der Waals surface area (Å²) in [5.74, 6) is -0.427. The number of esters is 2. The van der Waals surface area contributed by atoms with Gasteiger partial charge in [0, 0.05) is 19.4 Å². The fraction of sp³-hybridized carbons (Fsp3) is 0.725. The molecule has 0 radical (unpaired) electrons. The van der Waals surface area contributed by atoms with Crippen molar-refractivity contribution in [3.05, 3.63) is 72.9 Å². The SMILES string of the molecule is CC/C=C\C/C=C\C/C=C\CCCCCCCCOCC(COC(=O)CCCCCCC/C=C\C/C=C\C/C=C\CC)OC(=O)CCCCCCCCCCC. The van der Waals surface area contributed by atoms with E-state index in [4.69, 9.17) is 14.2 Å². The molecule has 0 heterocycles. The highest BCUT2D eigenvalue weighted by Crippen LogP contribution is 2.13. The van der Waals surface area contributed by atoms with Crippen molar-refractivity contribution in [1.29, 1.82) is 0 Å². The first-order valence-corrected chi connectivity index (χ1v) is 23.5. The number of carbonyl (C=O) groups excluding carboxylic acids is 2. The molecule has 0 amide bonds. The maximum Gasteiger partial charge on any atom is 0.306 e. The maximum atomic E-state index is 12.7. The standard InChI is InChI=1S/C51H88O5/c1-4-7-10-13-16-19-21-23-25-27-29-31-34-37-40-43-46-54-47-49(56-51(53)45-42-39-36-32-18-15-12-9-6-3)48-55-50(52)44-41-38-35-33-30-28-26-24-22-20-17-14-11-8-5-2/h7-8,10-11,16-17,19-20,23-26,49H,4-6,9,12-15,18,21-22,27-48H2,1-3H3/b10-7-,11-8-,19-16-,20-17-,25-23-,26-24-. The Balaban J connectivity index is 4.26. The van der Waals surface area contributed by atoms with Crippen LogP contribution in [0, 0.1) is 0 Å². The molecule has 1 atom stereocenters.